The Balaban J connectivity index is 1.59. The number of para-hydroxylation sites is 2. The highest BCUT2D eigenvalue weighted by Crippen LogP contribution is 2.28. The van der Waals surface area contributed by atoms with Gasteiger partial charge >= 0.3 is 0 Å². The lowest BCUT2D eigenvalue weighted by atomic mass is 10.1. The smallest absolute Gasteiger partial charge is 0.256 e. The molecule has 0 saturated carbocycles. The molecule has 6 heteroatoms. The number of nitrogens with zero attached hydrogens (tertiary/aromatic N) is 2. The van der Waals surface area contributed by atoms with E-state index in [1.807, 2.05) is 55.5 Å². The molecule has 2 N–H and O–H groups in total. The fraction of sp³-hybridized carbons (Fsp3) is 0.273. The number of morpholine rings is 1. The molecule has 1 fully saturated rings. The minimum atomic E-state index is -0.109. The van der Waals surface area contributed by atoms with E-state index in [1.54, 1.807) is 0 Å². The van der Waals surface area contributed by atoms with Gasteiger partial charge in [0.1, 0.15) is 0 Å². The number of hydrogen-bond donors (Lipinski definition) is 2. The molecule has 6 nitrogen and oxygen atoms in total. The predicted octanol–water partition coefficient (Wildman–Crippen LogP) is 3.25. The first-order valence-electron chi connectivity index (χ1n) is 9.53. The molecule has 1 aromatic heterocycles. The second kappa shape index (κ2) is 8.27. The van der Waals surface area contributed by atoms with Gasteiger partial charge in [-0.3, -0.25) is 9.78 Å². The topological polar surface area (TPSA) is 70.2 Å². The standard InChI is InChI=1S/C22H24N4O2/c1-16-18(15-17-7-3-2-4-8-17)21(27)25-22(23-16)24-19-9-5-6-10-20(19)26-11-13-28-14-12-26/h2-10H,11-15H2,1H3,(H2,23,24,25,27). The van der Waals surface area contributed by atoms with Gasteiger partial charge in [0.2, 0.25) is 5.95 Å². The quantitative estimate of drug-likeness (QED) is 0.715. The molecule has 28 heavy (non-hydrogen) atoms. The van der Waals surface area contributed by atoms with Gasteiger partial charge in [-0.25, -0.2) is 4.98 Å². The van der Waals surface area contributed by atoms with Crippen LogP contribution in [0.3, 0.4) is 0 Å². The van der Waals surface area contributed by atoms with Crippen LogP contribution < -0.4 is 15.8 Å². The van der Waals surface area contributed by atoms with Gasteiger partial charge in [-0.15, -0.1) is 0 Å². The second-order valence-corrected chi connectivity index (χ2v) is 6.88. The molecule has 0 aliphatic carbocycles. The molecule has 1 aliphatic rings. The van der Waals surface area contributed by atoms with Crippen LogP contribution in [0.15, 0.2) is 59.4 Å². The van der Waals surface area contributed by atoms with Crippen molar-refractivity contribution in [2.45, 2.75) is 13.3 Å². The van der Waals surface area contributed by atoms with Gasteiger partial charge in [0.15, 0.2) is 0 Å². The average molecular weight is 376 g/mol. The number of hydrogen-bond acceptors (Lipinski definition) is 5. The Morgan fingerprint density at radius 2 is 1.79 bits per heavy atom. The maximum atomic E-state index is 12.7. The average Bonchev–Trinajstić information content (AvgIpc) is 2.73. The molecule has 2 heterocycles. The molecular formula is C22H24N4O2. The number of aryl methyl sites for hydroxylation is 1. The monoisotopic (exact) mass is 376 g/mol. The lowest BCUT2D eigenvalue weighted by Gasteiger charge is -2.30. The first-order valence-corrected chi connectivity index (χ1v) is 9.53. The number of ether oxygens (including phenoxy) is 1. The molecule has 1 aliphatic heterocycles. The number of rotatable bonds is 5. The van der Waals surface area contributed by atoms with Gasteiger partial charge in [-0.05, 0) is 24.6 Å². The van der Waals surface area contributed by atoms with Crippen molar-refractivity contribution in [1.29, 1.82) is 0 Å². The van der Waals surface area contributed by atoms with E-state index in [0.717, 1.165) is 48.9 Å². The van der Waals surface area contributed by atoms with Gasteiger partial charge in [0.25, 0.3) is 5.56 Å². The fourth-order valence-electron chi connectivity index (χ4n) is 3.46. The number of benzene rings is 2. The van der Waals surface area contributed by atoms with Crippen molar-refractivity contribution in [2.24, 2.45) is 0 Å². The van der Waals surface area contributed by atoms with Crippen molar-refractivity contribution in [1.82, 2.24) is 9.97 Å². The zero-order valence-corrected chi connectivity index (χ0v) is 15.9. The Labute approximate surface area is 164 Å². The van der Waals surface area contributed by atoms with Crippen molar-refractivity contribution in [3.63, 3.8) is 0 Å². The third kappa shape index (κ3) is 4.07. The highest BCUT2D eigenvalue weighted by atomic mass is 16.5. The van der Waals surface area contributed by atoms with Crippen LogP contribution in [-0.4, -0.2) is 36.3 Å². The first-order chi connectivity index (χ1) is 13.7. The Kier molecular flexibility index (Phi) is 5.39. The highest BCUT2D eigenvalue weighted by molar-refractivity contribution is 5.73. The number of anilines is 3. The maximum Gasteiger partial charge on any atom is 0.256 e. The first kappa shape index (κ1) is 18.3. The summed E-state index contributed by atoms with van der Waals surface area (Å²) >= 11 is 0. The SMILES string of the molecule is Cc1nc(Nc2ccccc2N2CCOCC2)[nH]c(=O)c1Cc1ccccc1. The summed E-state index contributed by atoms with van der Waals surface area (Å²) < 4.78 is 5.45. The van der Waals surface area contributed by atoms with E-state index in [-0.39, 0.29) is 5.56 Å². The third-order valence-electron chi connectivity index (χ3n) is 4.95. The summed E-state index contributed by atoms with van der Waals surface area (Å²) in [5.41, 5.74) is 4.42. The zero-order valence-electron chi connectivity index (χ0n) is 15.9. The lowest BCUT2D eigenvalue weighted by molar-refractivity contribution is 0.123. The fourth-order valence-corrected chi connectivity index (χ4v) is 3.46. The summed E-state index contributed by atoms with van der Waals surface area (Å²) in [6.45, 7) is 5.01. The number of aromatic nitrogens is 2. The Hall–Kier alpha value is -3.12. The summed E-state index contributed by atoms with van der Waals surface area (Å²) in [5, 5.41) is 3.29. The van der Waals surface area contributed by atoms with Crippen LogP contribution in [0.25, 0.3) is 0 Å². The largest absolute Gasteiger partial charge is 0.378 e. The van der Waals surface area contributed by atoms with Gasteiger partial charge in [0.05, 0.1) is 30.3 Å². The van der Waals surface area contributed by atoms with E-state index < -0.39 is 0 Å². The minimum absolute atomic E-state index is 0.109. The minimum Gasteiger partial charge on any atom is -0.378 e. The lowest BCUT2D eigenvalue weighted by Crippen LogP contribution is -2.36. The molecule has 144 valence electrons. The van der Waals surface area contributed by atoms with E-state index in [9.17, 15) is 4.79 Å². The summed E-state index contributed by atoms with van der Waals surface area (Å²) in [4.78, 5) is 22.5. The van der Waals surface area contributed by atoms with E-state index in [1.165, 1.54) is 0 Å². The van der Waals surface area contributed by atoms with Crippen molar-refractivity contribution >= 4 is 17.3 Å². The highest BCUT2D eigenvalue weighted by Gasteiger charge is 2.16. The third-order valence-corrected chi connectivity index (χ3v) is 4.95. The summed E-state index contributed by atoms with van der Waals surface area (Å²) in [7, 11) is 0. The van der Waals surface area contributed by atoms with Crippen LogP contribution in [-0.2, 0) is 11.2 Å². The molecule has 0 bridgehead atoms. The molecule has 0 radical (unpaired) electrons. The van der Waals surface area contributed by atoms with E-state index in [2.05, 4.69) is 26.3 Å². The second-order valence-electron chi connectivity index (χ2n) is 6.88. The molecular weight excluding hydrogens is 352 g/mol. The van der Waals surface area contributed by atoms with Crippen molar-refractivity contribution in [3.05, 3.63) is 81.8 Å². The molecule has 0 amide bonds. The van der Waals surface area contributed by atoms with Crippen molar-refractivity contribution in [2.75, 3.05) is 36.5 Å². The number of H-pyrrole nitrogens is 1. The van der Waals surface area contributed by atoms with Gasteiger partial charge < -0.3 is 15.0 Å². The van der Waals surface area contributed by atoms with Gasteiger partial charge in [-0.2, -0.15) is 0 Å². The summed E-state index contributed by atoms with van der Waals surface area (Å²) in [6.07, 6.45) is 0.569. The Morgan fingerprint density at radius 3 is 2.54 bits per heavy atom. The van der Waals surface area contributed by atoms with E-state index in [0.29, 0.717) is 17.9 Å². The van der Waals surface area contributed by atoms with Crippen molar-refractivity contribution < 1.29 is 4.74 Å². The summed E-state index contributed by atoms with van der Waals surface area (Å²) in [6, 6.07) is 18.0. The number of nitrogens with one attached hydrogen (secondary N) is 2. The van der Waals surface area contributed by atoms with Crippen LogP contribution in [0.5, 0.6) is 0 Å². The summed E-state index contributed by atoms with van der Waals surface area (Å²) in [5.74, 6) is 0.458. The normalized spacial score (nSPS) is 14.1. The van der Waals surface area contributed by atoms with Gasteiger partial charge in [0, 0.05) is 25.1 Å². The maximum absolute atomic E-state index is 12.7. The van der Waals surface area contributed by atoms with Crippen molar-refractivity contribution in [3.8, 4) is 0 Å². The molecule has 4 rings (SSSR count). The predicted molar refractivity (Wildman–Crippen MR) is 112 cm³/mol. The Bertz CT molecular complexity index is 995. The molecule has 2 aromatic carbocycles. The van der Waals surface area contributed by atoms with Crippen LogP contribution in [0.1, 0.15) is 16.8 Å². The van der Waals surface area contributed by atoms with Crippen LogP contribution in [0.4, 0.5) is 17.3 Å². The molecule has 0 unspecified atom stereocenters. The Morgan fingerprint density at radius 1 is 1.07 bits per heavy atom. The van der Waals surface area contributed by atoms with Crippen LogP contribution in [0, 0.1) is 6.92 Å². The molecule has 0 atom stereocenters. The molecule has 0 spiro atoms. The molecule has 1 saturated heterocycles. The van der Waals surface area contributed by atoms with Crippen LogP contribution >= 0.6 is 0 Å². The van der Waals surface area contributed by atoms with Crippen LogP contribution in [0.2, 0.25) is 0 Å². The van der Waals surface area contributed by atoms with E-state index >= 15 is 0 Å². The molecule has 3 aromatic rings. The number of aromatic amines is 1. The van der Waals surface area contributed by atoms with Gasteiger partial charge in [-0.1, -0.05) is 42.5 Å². The van der Waals surface area contributed by atoms with E-state index in [4.69, 9.17) is 4.74 Å². The zero-order chi connectivity index (χ0) is 19.3.